The SMILES string of the molecule is CC(=O)N1CCC(Nc2cc(C(=O)N3CC[C@@H](N)[C@H](N4CCc5ccccc5C4)C3)ncn2)CC1. The van der Waals surface area contributed by atoms with Gasteiger partial charge in [-0.2, -0.15) is 0 Å². The highest BCUT2D eigenvalue weighted by molar-refractivity contribution is 5.93. The Labute approximate surface area is 206 Å². The zero-order chi connectivity index (χ0) is 24.4. The summed E-state index contributed by atoms with van der Waals surface area (Å²) in [5.74, 6) is 0.699. The van der Waals surface area contributed by atoms with Crippen LogP contribution in [-0.2, 0) is 17.8 Å². The number of nitrogens with two attached hydrogens (primary N) is 1. The van der Waals surface area contributed by atoms with E-state index in [9.17, 15) is 9.59 Å². The second-order valence-electron chi connectivity index (χ2n) is 9.97. The Morgan fingerprint density at radius 3 is 2.51 bits per heavy atom. The summed E-state index contributed by atoms with van der Waals surface area (Å²) in [6, 6.07) is 10.7. The molecular weight excluding hydrogens is 442 g/mol. The van der Waals surface area contributed by atoms with E-state index in [1.54, 1.807) is 13.0 Å². The molecule has 186 valence electrons. The van der Waals surface area contributed by atoms with Gasteiger partial charge < -0.3 is 20.9 Å². The van der Waals surface area contributed by atoms with E-state index >= 15 is 0 Å². The molecule has 2 aromatic rings. The lowest BCUT2D eigenvalue weighted by Gasteiger charge is -2.44. The Morgan fingerprint density at radius 2 is 1.74 bits per heavy atom. The largest absolute Gasteiger partial charge is 0.367 e. The Hall–Kier alpha value is -3.04. The van der Waals surface area contributed by atoms with Crippen molar-refractivity contribution in [2.45, 2.75) is 57.3 Å². The Balaban J connectivity index is 1.22. The Morgan fingerprint density at radius 1 is 1.00 bits per heavy atom. The fourth-order valence-electron chi connectivity index (χ4n) is 5.58. The van der Waals surface area contributed by atoms with Crippen molar-refractivity contribution in [2.75, 3.05) is 38.0 Å². The summed E-state index contributed by atoms with van der Waals surface area (Å²) in [5, 5.41) is 3.43. The molecule has 1 aromatic carbocycles. The van der Waals surface area contributed by atoms with Crippen molar-refractivity contribution in [1.29, 1.82) is 0 Å². The van der Waals surface area contributed by atoms with Crippen LogP contribution in [0.15, 0.2) is 36.7 Å². The number of carbonyl (C=O) groups excluding carboxylic acids is 2. The fourth-order valence-corrected chi connectivity index (χ4v) is 5.58. The summed E-state index contributed by atoms with van der Waals surface area (Å²) < 4.78 is 0. The molecule has 2 amide bonds. The number of hydrogen-bond acceptors (Lipinski definition) is 7. The monoisotopic (exact) mass is 477 g/mol. The standard InChI is InChI=1S/C26H35N7O2/c1-18(34)31-11-7-21(8-12-31)30-25-14-23(28-17-29-25)26(35)33-13-9-22(27)24(16-33)32-10-6-19-4-2-3-5-20(19)15-32/h2-5,14,17,21-22,24H,6-13,15-16,27H2,1H3,(H,28,29,30)/t22-,24-/m1/s1. The maximum atomic E-state index is 13.4. The van der Waals surface area contributed by atoms with Crippen LogP contribution in [0.5, 0.6) is 0 Å². The van der Waals surface area contributed by atoms with Crippen LogP contribution >= 0.6 is 0 Å². The van der Waals surface area contributed by atoms with E-state index in [1.807, 2.05) is 9.80 Å². The third kappa shape index (κ3) is 5.31. The highest BCUT2D eigenvalue weighted by Gasteiger charge is 2.35. The summed E-state index contributed by atoms with van der Waals surface area (Å²) in [7, 11) is 0. The number of likely N-dealkylation sites (tertiary alicyclic amines) is 2. The Bertz CT molecular complexity index is 1070. The van der Waals surface area contributed by atoms with E-state index in [-0.39, 0.29) is 29.9 Å². The summed E-state index contributed by atoms with van der Waals surface area (Å²) in [6.07, 6.45) is 4.96. The molecule has 2 saturated heterocycles. The summed E-state index contributed by atoms with van der Waals surface area (Å²) >= 11 is 0. The zero-order valence-electron chi connectivity index (χ0n) is 20.4. The van der Waals surface area contributed by atoms with Crippen LogP contribution < -0.4 is 11.1 Å². The van der Waals surface area contributed by atoms with Crippen LogP contribution in [0.4, 0.5) is 5.82 Å². The van der Waals surface area contributed by atoms with Gasteiger partial charge in [-0.1, -0.05) is 24.3 Å². The van der Waals surface area contributed by atoms with E-state index < -0.39 is 0 Å². The van der Waals surface area contributed by atoms with E-state index in [1.165, 1.54) is 17.5 Å². The molecule has 9 heteroatoms. The molecule has 0 aliphatic carbocycles. The van der Waals surface area contributed by atoms with Crippen molar-refractivity contribution in [3.63, 3.8) is 0 Å². The van der Waals surface area contributed by atoms with Gasteiger partial charge >= 0.3 is 0 Å². The van der Waals surface area contributed by atoms with Gasteiger partial charge in [0.1, 0.15) is 17.8 Å². The summed E-state index contributed by atoms with van der Waals surface area (Å²) in [4.78, 5) is 39.8. The number of fused-ring (bicyclic) bond motifs is 1. The predicted octanol–water partition coefficient (Wildman–Crippen LogP) is 1.50. The van der Waals surface area contributed by atoms with Gasteiger partial charge in [-0.05, 0) is 36.8 Å². The Kier molecular flexibility index (Phi) is 6.97. The lowest BCUT2D eigenvalue weighted by molar-refractivity contribution is -0.129. The molecule has 9 nitrogen and oxygen atoms in total. The molecule has 5 rings (SSSR count). The molecule has 0 bridgehead atoms. The van der Waals surface area contributed by atoms with Gasteiger partial charge in [0.15, 0.2) is 0 Å². The van der Waals surface area contributed by atoms with Gasteiger partial charge in [0.2, 0.25) is 5.91 Å². The van der Waals surface area contributed by atoms with Crippen molar-refractivity contribution in [3.05, 3.63) is 53.5 Å². The van der Waals surface area contributed by atoms with Crippen molar-refractivity contribution in [1.82, 2.24) is 24.7 Å². The second-order valence-corrected chi connectivity index (χ2v) is 9.97. The van der Waals surface area contributed by atoms with Crippen molar-refractivity contribution < 1.29 is 9.59 Å². The highest BCUT2D eigenvalue weighted by atomic mass is 16.2. The molecule has 3 aliphatic heterocycles. The average molecular weight is 478 g/mol. The minimum atomic E-state index is -0.0730. The van der Waals surface area contributed by atoms with E-state index in [0.29, 0.717) is 24.6 Å². The van der Waals surface area contributed by atoms with E-state index in [4.69, 9.17) is 5.73 Å². The smallest absolute Gasteiger partial charge is 0.272 e. The van der Waals surface area contributed by atoms with Crippen LogP contribution in [0.1, 0.15) is 47.8 Å². The fraction of sp³-hybridized carbons (Fsp3) is 0.538. The lowest BCUT2D eigenvalue weighted by Crippen LogP contribution is -2.60. The number of rotatable bonds is 4. The minimum absolute atomic E-state index is 0.0489. The first kappa shape index (κ1) is 23.7. The molecule has 3 N–H and O–H groups in total. The van der Waals surface area contributed by atoms with Crippen LogP contribution in [0.2, 0.25) is 0 Å². The highest BCUT2D eigenvalue weighted by Crippen LogP contribution is 2.25. The molecule has 3 aliphatic rings. The lowest BCUT2D eigenvalue weighted by atomic mass is 9.93. The molecule has 2 atom stereocenters. The number of benzene rings is 1. The van der Waals surface area contributed by atoms with Gasteiger partial charge in [0.25, 0.3) is 5.91 Å². The van der Waals surface area contributed by atoms with Crippen LogP contribution in [-0.4, -0.2) is 87.3 Å². The van der Waals surface area contributed by atoms with Gasteiger partial charge in [-0.15, -0.1) is 0 Å². The van der Waals surface area contributed by atoms with Crippen LogP contribution in [0, 0.1) is 0 Å². The molecular formula is C26H35N7O2. The van der Waals surface area contributed by atoms with Gasteiger partial charge in [-0.3, -0.25) is 14.5 Å². The molecule has 0 saturated carbocycles. The van der Waals surface area contributed by atoms with Gasteiger partial charge in [-0.25, -0.2) is 9.97 Å². The molecule has 2 fully saturated rings. The third-order valence-corrected chi connectivity index (χ3v) is 7.73. The maximum Gasteiger partial charge on any atom is 0.272 e. The van der Waals surface area contributed by atoms with Crippen molar-refractivity contribution >= 4 is 17.6 Å². The minimum Gasteiger partial charge on any atom is -0.367 e. The first-order chi connectivity index (χ1) is 17.0. The second kappa shape index (κ2) is 10.3. The topological polar surface area (TPSA) is 108 Å². The number of nitrogens with one attached hydrogen (secondary N) is 1. The molecule has 0 radical (unpaired) electrons. The zero-order valence-corrected chi connectivity index (χ0v) is 20.4. The van der Waals surface area contributed by atoms with Crippen molar-refractivity contribution in [3.8, 4) is 0 Å². The molecule has 4 heterocycles. The number of nitrogens with zero attached hydrogens (tertiary/aromatic N) is 5. The summed E-state index contributed by atoms with van der Waals surface area (Å²) in [6.45, 7) is 6.16. The van der Waals surface area contributed by atoms with Gasteiger partial charge in [0.05, 0.1) is 0 Å². The van der Waals surface area contributed by atoms with E-state index in [2.05, 4.69) is 44.5 Å². The van der Waals surface area contributed by atoms with Gasteiger partial charge in [0, 0.05) is 70.4 Å². The van der Waals surface area contributed by atoms with E-state index in [0.717, 1.165) is 51.9 Å². The molecule has 35 heavy (non-hydrogen) atoms. The first-order valence-corrected chi connectivity index (χ1v) is 12.7. The number of amides is 2. The number of carbonyl (C=O) groups is 2. The first-order valence-electron chi connectivity index (χ1n) is 12.7. The number of aromatic nitrogens is 2. The average Bonchev–Trinajstić information content (AvgIpc) is 2.89. The third-order valence-electron chi connectivity index (χ3n) is 7.73. The number of anilines is 1. The quantitative estimate of drug-likeness (QED) is 0.687. The molecule has 0 spiro atoms. The number of hydrogen-bond donors (Lipinski definition) is 2. The molecule has 1 aromatic heterocycles. The number of piperidine rings is 2. The van der Waals surface area contributed by atoms with Crippen LogP contribution in [0.25, 0.3) is 0 Å². The van der Waals surface area contributed by atoms with Crippen molar-refractivity contribution in [2.24, 2.45) is 5.73 Å². The van der Waals surface area contributed by atoms with Crippen LogP contribution in [0.3, 0.4) is 0 Å². The molecule has 0 unspecified atom stereocenters. The summed E-state index contributed by atoms with van der Waals surface area (Å²) in [5.41, 5.74) is 9.72. The predicted molar refractivity (Wildman–Crippen MR) is 134 cm³/mol. The maximum absolute atomic E-state index is 13.4. The normalized spacial score (nSPS) is 23.6.